The molecule has 0 bridgehead atoms. The summed E-state index contributed by atoms with van der Waals surface area (Å²) in [7, 11) is 1.26. The zero-order valence-electron chi connectivity index (χ0n) is 19.4. The minimum Gasteiger partial charge on any atom is -0.394 e. The lowest BCUT2D eigenvalue weighted by atomic mass is 9.80. The van der Waals surface area contributed by atoms with Crippen molar-refractivity contribution in [2.24, 2.45) is 11.8 Å². The Morgan fingerprint density at radius 3 is 1.85 bits per heavy atom. The fourth-order valence-corrected chi connectivity index (χ4v) is 4.95. The van der Waals surface area contributed by atoms with Gasteiger partial charge in [0, 0.05) is 18.9 Å². The number of hydrogen-bond donors (Lipinski definition) is 8. The van der Waals surface area contributed by atoms with E-state index in [9.17, 15) is 40.9 Å². The molecule has 200 valence electrons. The van der Waals surface area contributed by atoms with Crippen LogP contribution >= 0.6 is 0 Å². The van der Waals surface area contributed by atoms with Crippen molar-refractivity contribution >= 4 is 0 Å². The quantitative estimate of drug-likeness (QED) is 0.169. The Balaban J connectivity index is 1.67. The van der Waals surface area contributed by atoms with Gasteiger partial charge >= 0.3 is 0 Å². The second-order valence-corrected chi connectivity index (χ2v) is 9.37. The summed E-state index contributed by atoms with van der Waals surface area (Å²) in [5, 5.41) is 82.0. The molecule has 15 atom stereocenters. The van der Waals surface area contributed by atoms with Gasteiger partial charge in [-0.2, -0.15) is 0 Å². The molecule has 0 aromatic rings. The third kappa shape index (κ3) is 5.42. The molecule has 3 rings (SSSR count). The molecule has 13 nitrogen and oxygen atoms in total. The molecule has 8 N–H and O–H groups in total. The van der Waals surface area contributed by atoms with Crippen LogP contribution in [0.25, 0.3) is 0 Å². The highest BCUT2D eigenvalue weighted by Crippen LogP contribution is 2.36. The molecule has 0 aliphatic carbocycles. The molecule has 13 heteroatoms. The van der Waals surface area contributed by atoms with Crippen LogP contribution in [-0.2, 0) is 23.7 Å². The number of methoxy groups -OCH3 is 1. The third-order valence-corrected chi connectivity index (χ3v) is 7.25. The van der Waals surface area contributed by atoms with E-state index < -0.39 is 98.2 Å². The molecule has 0 radical (unpaired) electrons. The van der Waals surface area contributed by atoms with Gasteiger partial charge in [-0.15, -0.1) is 0 Å². The second kappa shape index (κ2) is 11.7. The Labute approximate surface area is 197 Å². The largest absolute Gasteiger partial charge is 0.394 e. The second-order valence-electron chi connectivity index (χ2n) is 9.37. The fraction of sp³-hybridized carbons (Fsp3) is 1.00. The molecular weight excluding hydrogens is 460 g/mol. The Morgan fingerprint density at radius 2 is 1.26 bits per heavy atom. The van der Waals surface area contributed by atoms with E-state index in [0.29, 0.717) is 0 Å². The molecule has 3 aliphatic rings. The van der Waals surface area contributed by atoms with Gasteiger partial charge in [-0.1, -0.05) is 6.92 Å². The van der Waals surface area contributed by atoms with Gasteiger partial charge < -0.3 is 64.5 Å². The van der Waals surface area contributed by atoms with Gasteiger partial charge in [-0.25, -0.2) is 0 Å². The van der Waals surface area contributed by atoms with Gasteiger partial charge in [-0.3, -0.25) is 0 Å². The summed E-state index contributed by atoms with van der Waals surface area (Å²) in [6.07, 6.45) is -15.8. The van der Waals surface area contributed by atoms with Gasteiger partial charge in [0.25, 0.3) is 0 Å². The van der Waals surface area contributed by atoms with Crippen molar-refractivity contribution in [3.05, 3.63) is 0 Å². The van der Waals surface area contributed by atoms with Crippen molar-refractivity contribution in [3.63, 3.8) is 0 Å². The van der Waals surface area contributed by atoms with Crippen LogP contribution in [0.2, 0.25) is 0 Å². The minimum absolute atomic E-state index is 0.0101. The highest BCUT2D eigenvalue weighted by Gasteiger charge is 2.51. The van der Waals surface area contributed by atoms with E-state index in [1.54, 1.807) is 13.8 Å². The monoisotopic (exact) mass is 498 g/mol. The summed E-state index contributed by atoms with van der Waals surface area (Å²) >= 11 is 0. The van der Waals surface area contributed by atoms with Crippen molar-refractivity contribution in [3.8, 4) is 0 Å². The maximum atomic E-state index is 10.8. The average Bonchev–Trinajstić information content (AvgIpc) is 2.82. The van der Waals surface area contributed by atoms with Crippen LogP contribution in [0.15, 0.2) is 0 Å². The number of aliphatic hydroxyl groups excluding tert-OH is 8. The van der Waals surface area contributed by atoms with Crippen molar-refractivity contribution in [2.45, 2.75) is 100.0 Å². The summed E-state index contributed by atoms with van der Waals surface area (Å²) in [4.78, 5) is 0. The summed E-state index contributed by atoms with van der Waals surface area (Å²) in [6, 6.07) is 0. The van der Waals surface area contributed by atoms with Crippen molar-refractivity contribution < 1.29 is 64.5 Å². The first-order valence-corrected chi connectivity index (χ1v) is 11.5. The zero-order chi connectivity index (χ0) is 25.3. The van der Waals surface area contributed by atoms with Gasteiger partial charge in [0.1, 0.15) is 36.6 Å². The van der Waals surface area contributed by atoms with Crippen molar-refractivity contribution in [2.75, 3.05) is 20.3 Å². The molecule has 15 unspecified atom stereocenters. The molecule has 34 heavy (non-hydrogen) atoms. The number of rotatable bonds is 7. The molecule has 3 heterocycles. The number of aliphatic hydroxyl groups is 8. The smallest absolute Gasteiger partial charge is 0.186 e. The van der Waals surface area contributed by atoms with Gasteiger partial charge in [-0.05, 0) is 13.3 Å². The highest BCUT2D eigenvalue weighted by atomic mass is 16.7. The molecule has 0 aromatic carbocycles. The lowest BCUT2D eigenvalue weighted by Gasteiger charge is -2.48. The molecule has 3 saturated heterocycles. The van der Waals surface area contributed by atoms with E-state index in [-0.39, 0.29) is 13.0 Å². The Hall–Kier alpha value is -0.520. The van der Waals surface area contributed by atoms with Crippen LogP contribution in [0.4, 0.5) is 0 Å². The Kier molecular flexibility index (Phi) is 9.64. The number of ether oxygens (including phenoxy) is 5. The van der Waals surface area contributed by atoms with Crippen molar-refractivity contribution in [1.29, 1.82) is 0 Å². The lowest BCUT2D eigenvalue weighted by Crippen LogP contribution is -2.63. The summed E-state index contributed by atoms with van der Waals surface area (Å²) in [5.74, 6) is -1.24. The lowest BCUT2D eigenvalue weighted by molar-refractivity contribution is -0.352. The van der Waals surface area contributed by atoms with E-state index in [4.69, 9.17) is 23.7 Å². The Bertz CT molecular complexity index is 636. The van der Waals surface area contributed by atoms with Crippen LogP contribution in [0.1, 0.15) is 20.3 Å². The first-order chi connectivity index (χ1) is 16.0. The summed E-state index contributed by atoms with van der Waals surface area (Å²) < 4.78 is 27.5. The molecule has 0 amide bonds. The van der Waals surface area contributed by atoms with Crippen molar-refractivity contribution in [1.82, 2.24) is 0 Å². The van der Waals surface area contributed by atoms with Crippen LogP contribution in [-0.4, -0.2) is 141 Å². The molecule has 0 spiro atoms. The predicted molar refractivity (Wildman–Crippen MR) is 111 cm³/mol. The van der Waals surface area contributed by atoms with Gasteiger partial charge in [0.2, 0.25) is 0 Å². The topological polar surface area (TPSA) is 208 Å². The van der Waals surface area contributed by atoms with Gasteiger partial charge in [0.15, 0.2) is 12.6 Å². The predicted octanol–water partition coefficient (Wildman–Crippen LogP) is -3.95. The zero-order valence-corrected chi connectivity index (χ0v) is 19.4. The number of hydrogen-bond acceptors (Lipinski definition) is 13. The molecule has 0 aromatic heterocycles. The maximum absolute atomic E-state index is 10.8. The van der Waals surface area contributed by atoms with E-state index in [2.05, 4.69) is 0 Å². The van der Waals surface area contributed by atoms with E-state index in [1.165, 1.54) is 7.11 Å². The standard InChI is InChI=1S/C21H38O13/c1-7-11(5-22)32-10(15(26)13(7)24)4-9-8(2)31-21(17(28)14(9)25)34-19-12(6-23)33-20(30-3)18(29)16(19)27/h7-29H,4-6H2,1-3H3. The SMILES string of the molecule is COC1OC(CO)C(OC2OC(C)C(CC3OC(CO)C(C)C(O)C3O)C(O)C2O)C(O)C1O. The normalized spacial score (nSPS) is 52.5. The molecule has 0 saturated carbocycles. The first-order valence-electron chi connectivity index (χ1n) is 11.5. The molecule has 3 aliphatic heterocycles. The first kappa shape index (κ1) is 28.1. The van der Waals surface area contributed by atoms with Crippen LogP contribution < -0.4 is 0 Å². The van der Waals surface area contributed by atoms with E-state index >= 15 is 0 Å². The summed E-state index contributed by atoms with van der Waals surface area (Å²) in [5.41, 5.74) is 0. The molecular formula is C21H38O13. The average molecular weight is 499 g/mol. The van der Waals surface area contributed by atoms with E-state index in [1.807, 2.05) is 0 Å². The minimum atomic E-state index is -1.59. The van der Waals surface area contributed by atoms with Crippen LogP contribution in [0.3, 0.4) is 0 Å². The fourth-order valence-electron chi connectivity index (χ4n) is 4.95. The third-order valence-electron chi connectivity index (χ3n) is 7.25. The maximum Gasteiger partial charge on any atom is 0.186 e. The molecule has 3 fully saturated rings. The highest BCUT2D eigenvalue weighted by molar-refractivity contribution is 4.96. The Morgan fingerprint density at radius 1 is 0.647 bits per heavy atom. The summed E-state index contributed by atoms with van der Waals surface area (Å²) in [6.45, 7) is 2.32. The van der Waals surface area contributed by atoms with Crippen LogP contribution in [0.5, 0.6) is 0 Å². The van der Waals surface area contributed by atoms with Gasteiger partial charge in [0.05, 0.1) is 43.7 Å². The van der Waals surface area contributed by atoms with Crippen LogP contribution in [0, 0.1) is 11.8 Å². The van der Waals surface area contributed by atoms with E-state index in [0.717, 1.165) is 0 Å².